The highest BCUT2D eigenvalue weighted by Crippen LogP contribution is 2.47. The SMILES string of the molecule is Cc1cc2c(cc1N1C(=O)CN(Cc3ccc(O)cc3)C1=O)C(C)(C)CCC2(C)C. The van der Waals surface area contributed by atoms with Crippen LogP contribution in [0.2, 0.25) is 0 Å². The van der Waals surface area contributed by atoms with Gasteiger partial charge in [0.05, 0.1) is 5.69 Å². The van der Waals surface area contributed by atoms with Gasteiger partial charge in [-0.25, -0.2) is 9.69 Å². The first-order chi connectivity index (χ1) is 14.0. The fourth-order valence-electron chi connectivity index (χ4n) is 4.68. The van der Waals surface area contributed by atoms with Gasteiger partial charge in [0.2, 0.25) is 0 Å². The largest absolute Gasteiger partial charge is 0.508 e. The van der Waals surface area contributed by atoms with Crippen LogP contribution in [0.25, 0.3) is 0 Å². The molecule has 0 saturated carbocycles. The molecule has 1 saturated heterocycles. The van der Waals surface area contributed by atoms with E-state index in [-0.39, 0.29) is 35.1 Å². The zero-order valence-electron chi connectivity index (χ0n) is 18.5. The smallest absolute Gasteiger partial charge is 0.332 e. The van der Waals surface area contributed by atoms with E-state index in [2.05, 4.69) is 39.8 Å². The fourth-order valence-corrected chi connectivity index (χ4v) is 4.68. The molecule has 2 aliphatic rings. The molecule has 0 bridgehead atoms. The molecule has 158 valence electrons. The molecule has 0 atom stereocenters. The van der Waals surface area contributed by atoms with Crippen molar-refractivity contribution >= 4 is 17.6 Å². The molecule has 4 rings (SSSR count). The average Bonchev–Trinajstić information content (AvgIpc) is 2.94. The number of phenolic OH excluding ortho intramolecular Hbond substituents is 1. The van der Waals surface area contributed by atoms with Crippen LogP contribution in [0.1, 0.15) is 62.8 Å². The molecular weight excluding hydrogens is 376 g/mol. The van der Waals surface area contributed by atoms with E-state index in [1.807, 2.05) is 6.92 Å². The molecule has 0 aromatic heterocycles. The van der Waals surface area contributed by atoms with Crippen molar-refractivity contribution in [3.63, 3.8) is 0 Å². The van der Waals surface area contributed by atoms with E-state index >= 15 is 0 Å². The first-order valence-corrected chi connectivity index (χ1v) is 10.5. The molecule has 5 nitrogen and oxygen atoms in total. The van der Waals surface area contributed by atoms with Gasteiger partial charge in [0.15, 0.2) is 0 Å². The summed E-state index contributed by atoms with van der Waals surface area (Å²) in [5.74, 6) is -0.0193. The van der Waals surface area contributed by atoms with Gasteiger partial charge in [0.1, 0.15) is 12.3 Å². The van der Waals surface area contributed by atoms with Crippen LogP contribution < -0.4 is 4.90 Å². The lowest BCUT2D eigenvalue weighted by Crippen LogP contribution is -2.36. The summed E-state index contributed by atoms with van der Waals surface area (Å²) in [6.45, 7) is 11.4. The molecule has 5 heteroatoms. The van der Waals surface area contributed by atoms with Gasteiger partial charge in [-0.1, -0.05) is 45.9 Å². The van der Waals surface area contributed by atoms with Crippen molar-refractivity contribution in [2.75, 3.05) is 11.4 Å². The molecule has 1 aliphatic carbocycles. The van der Waals surface area contributed by atoms with E-state index in [9.17, 15) is 14.7 Å². The number of carbonyl (C=O) groups is 2. The summed E-state index contributed by atoms with van der Waals surface area (Å²) in [6, 6.07) is 10.7. The number of phenols is 1. The van der Waals surface area contributed by atoms with E-state index in [0.717, 1.165) is 24.0 Å². The van der Waals surface area contributed by atoms with Gasteiger partial charge in [-0.3, -0.25) is 4.79 Å². The normalized spacial score (nSPS) is 19.9. The van der Waals surface area contributed by atoms with Crippen LogP contribution >= 0.6 is 0 Å². The molecule has 0 unspecified atom stereocenters. The number of fused-ring (bicyclic) bond motifs is 1. The minimum absolute atomic E-state index is 0.00481. The number of hydrogen-bond donors (Lipinski definition) is 1. The third kappa shape index (κ3) is 3.36. The molecule has 0 spiro atoms. The zero-order valence-corrected chi connectivity index (χ0v) is 18.5. The number of amides is 3. The number of rotatable bonds is 3. The molecule has 30 heavy (non-hydrogen) atoms. The zero-order chi connectivity index (χ0) is 21.8. The van der Waals surface area contributed by atoms with E-state index in [1.165, 1.54) is 16.0 Å². The summed E-state index contributed by atoms with van der Waals surface area (Å²) in [4.78, 5) is 28.9. The van der Waals surface area contributed by atoms with Crippen LogP contribution in [0, 0.1) is 6.92 Å². The molecule has 1 N–H and O–H groups in total. The lowest BCUT2D eigenvalue weighted by molar-refractivity contribution is -0.116. The van der Waals surface area contributed by atoms with E-state index < -0.39 is 0 Å². The van der Waals surface area contributed by atoms with Crippen molar-refractivity contribution in [2.24, 2.45) is 0 Å². The molecule has 2 aromatic rings. The highest BCUT2D eigenvalue weighted by atomic mass is 16.3. The monoisotopic (exact) mass is 406 g/mol. The predicted molar refractivity (Wildman–Crippen MR) is 118 cm³/mol. The summed E-state index contributed by atoms with van der Waals surface area (Å²) in [7, 11) is 0. The number of benzene rings is 2. The third-order valence-electron chi connectivity index (χ3n) is 6.76. The van der Waals surface area contributed by atoms with Crippen molar-refractivity contribution in [3.8, 4) is 5.75 Å². The van der Waals surface area contributed by atoms with Crippen molar-refractivity contribution in [3.05, 3.63) is 58.7 Å². The second-order valence-corrected chi connectivity index (χ2v) is 9.99. The Labute approximate surface area is 178 Å². The van der Waals surface area contributed by atoms with Crippen LogP contribution in [0.5, 0.6) is 5.75 Å². The predicted octanol–water partition coefficient (Wildman–Crippen LogP) is 5.02. The lowest BCUT2D eigenvalue weighted by atomic mass is 9.63. The molecule has 3 amide bonds. The Hall–Kier alpha value is -2.82. The Morgan fingerprint density at radius 2 is 1.50 bits per heavy atom. The number of aromatic hydroxyl groups is 1. The standard InChI is InChI=1S/C25H30N2O3/c1-16-12-19-20(25(4,5)11-10-24(19,2)3)13-21(16)27-22(29)15-26(23(27)30)14-17-6-8-18(28)9-7-17/h6-9,12-13,28H,10-11,14-15H2,1-5H3. The van der Waals surface area contributed by atoms with Crippen LogP contribution in [-0.4, -0.2) is 28.5 Å². The van der Waals surface area contributed by atoms with Crippen molar-refractivity contribution < 1.29 is 14.7 Å². The maximum Gasteiger partial charge on any atom is 0.332 e. The number of hydrogen-bond acceptors (Lipinski definition) is 3. The number of nitrogens with zero attached hydrogens (tertiary/aromatic N) is 2. The van der Waals surface area contributed by atoms with Gasteiger partial charge in [-0.2, -0.15) is 0 Å². The maximum absolute atomic E-state index is 13.2. The molecule has 1 fully saturated rings. The Balaban J connectivity index is 1.69. The highest BCUT2D eigenvalue weighted by molar-refractivity contribution is 6.20. The summed E-state index contributed by atoms with van der Waals surface area (Å²) in [5.41, 5.74) is 5.16. The summed E-state index contributed by atoms with van der Waals surface area (Å²) in [5, 5.41) is 9.47. The Kier molecular flexibility index (Phi) is 4.68. The van der Waals surface area contributed by atoms with E-state index in [1.54, 1.807) is 29.2 Å². The number of carbonyl (C=O) groups excluding carboxylic acids is 2. The van der Waals surface area contributed by atoms with Gasteiger partial charge in [-0.15, -0.1) is 0 Å². The highest BCUT2D eigenvalue weighted by Gasteiger charge is 2.41. The fraction of sp³-hybridized carbons (Fsp3) is 0.440. The Bertz CT molecular complexity index is 1020. The van der Waals surface area contributed by atoms with Crippen LogP contribution in [0.3, 0.4) is 0 Å². The minimum Gasteiger partial charge on any atom is -0.508 e. The van der Waals surface area contributed by atoms with Gasteiger partial charge in [0.25, 0.3) is 5.91 Å². The maximum atomic E-state index is 13.2. The number of imide groups is 1. The van der Waals surface area contributed by atoms with E-state index in [4.69, 9.17) is 0 Å². The van der Waals surface area contributed by atoms with Gasteiger partial charge >= 0.3 is 6.03 Å². The molecule has 2 aromatic carbocycles. The van der Waals surface area contributed by atoms with Crippen LogP contribution in [0.15, 0.2) is 36.4 Å². The van der Waals surface area contributed by atoms with Crippen molar-refractivity contribution in [1.82, 2.24) is 4.90 Å². The summed E-state index contributed by atoms with van der Waals surface area (Å²) in [6.07, 6.45) is 2.19. The van der Waals surface area contributed by atoms with Gasteiger partial charge in [-0.05, 0) is 71.0 Å². The Morgan fingerprint density at radius 3 is 2.10 bits per heavy atom. The molecule has 1 heterocycles. The van der Waals surface area contributed by atoms with E-state index in [0.29, 0.717) is 12.2 Å². The average molecular weight is 407 g/mol. The number of urea groups is 1. The lowest BCUT2D eigenvalue weighted by Gasteiger charge is -2.42. The van der Waals surface area contributed by atoms with Crippen molar-refractivity contribution in [2.45, 2.75) is 64.8 Å². The van der Waals surface area contributed by atoms with Crippen LogP contribution in [0.4, 0.5) is 10.5 Å². The second kappa shape index (κ2) is 6.86. The van der Waals surface area contributed by atoms with Gasteiger partial charge < -0.3 is 10.0 Å². The summed E-state index contributed by atoms with van der Waals surface area (Å²) < 4.78 is 0. The molecular formula is C25H30N2O3. The topological polar surface area (TPSA) is 60.9 Å². The van der Waals surface area contributed by atoms with Crippen molar-refractivity contribution in [1.29, 1.82) is 0 Å². The third-order valence-corrected chi connectivity index (χ3v) is 6.76. The minimum atomic E-state index is -0.288. The first kappa shape index (κ1) is 20.5. The number of aryl methyl sites for hydroxylation is 1. The molecule has 0 radical (unpaired) electrons. The second-order valence-electron chi connectivity index (χ2n) is 9.99. The van der Waals surface area contributed by atoms with Crippen LogP contribution in [-0.2, 0) is 22.2 Å². The van der Waals surface area contributed by atoms with Gasteiger partial charge in [0, 0.05) is 6.54 Å². The first-order valence-electron chi connectivity index (χ1n) is 10.5. The molecule has 1 aliphatic heterocycles. The number of anilines is 1. The Morgan fingerprint density at radius 1 is 0.933 bits per heavy atom. The summed E-state index contributed by atoms with van der Waals surface area (Å²) >= 11 is 0. The quantitative estimate of drug-likeness (QED) is 0.728.